The van der Waals surface area contributed by atoms with Crippen LogP contribution >= 0.6 is 55.1 Å². The highest BCUT2D eigenvalue weighted by Gasteiger charge is 2.53. The van der Waals surface area contributed by atoms with Crippen molar-refractivity contribution in [2.24, 2.45) is 0 Å². The van der Waals surface area contributed by atoms with Crippen molar-refractivity contribution in [3.63, 3.8) is 0 Å². The molecule has 3 rings (SSSR count). The number of nitrogens with zero attached hydrogens (tertiary/aromatic N) is 3. The Bertz CT molecular complexity index is 848. The van der Waals surface area contributed by atoms with E-state index in [0.29, 0.717) is 5.56 Å². The lowest BCUT2D eigenvalue weighted by Gasteiger charge is -2.12. The van der Waals surface area contributed by atoms with Crippen LogP contribution in [0.4, 0.5) is 13.2 Å². The van der Waals surface area contributed by atoms with Gasteiger partial charge in [-0.1, -0.05) is 55.1 Å². The van der Waals surface area contributed by atoms with Crippen molar-refractivity contribution in [2.75, 3.05) is 0 Å². The Balaban J connectivity index is 2.09. The topological polar surface area (TPSA) is 41.6 Å². The molecule has 1 heterocycles. The molecule has 0 aliphatic heterocycles. The Hall–Kier alpha value is -0.750. The fourth-order valence-corrected chi connectivity index (χ4v) is 4.14. The van der Waals surface area contributed by atoms with Crippen LogP contribution in [0.15, 0.2) is 18.3 Å². The third kappa shape index (κ3) is 3.19. The van der Waals surface area contributed by atoms with Crippen molar-refractivity contribution in [1.29, 1.82) is 5.26 Å². The number of aromatic nitrogens is 2. The maximum absolute atomic E-state index is 12.8. The SMILES string of the molecule is N#Cc1nn(-c2c(Cl)cc(C(F)(F)F)cc2Cl)cc1C1CC1(Br)Br. The van der Waals surface area contributed by atoms with Crippen LogP contribution in [0.3, 0.4) is 0 Å². The molecule has 1 fully saturated rings. The highest BCUT2D eigenvalue weighted by Crippen LogP contribution is 2.62. The molecule has 1 aromatic heterocycles. The number of benzene rings is 1. The van der Waals surface area contributed by atoms with Crippen molar-refractivity contribution < 1.29 is 13.2 Å². The van der Waals surface area contributed by atoms with E-state index in [0.717, 1.165) is 18.6 Å². The molecule has 24 heavy (non-hydrogen) atoms. The lowest BCUT2D eigenvalue weighted by atomic mass is 10.1. The van der Waals surface area contributed by atoms with Crippen LogP contribution in [0.25, 0.3) is 5.69 Å². The van der Waals surface area contributed by atoms with Crippen LogP contribution in [0.1, 0.15) is 29.2 Å². The van der Waals surface area contributed by atoms with Gasteiger partial charge in [0, 0.05) is 17.7 Å². The molecule has 0 bridgehead atoms. The standard InChI is InChI=1S/C14H6Br2Cl2F3N3/c15-13(16)3-8(13)7-5-24(23-11(7)4-22)12-9(17)1-6(2-10(12)18)14(19,20)21/h1-2,5,8H,3H2. The first-order chi connectivity index (χ1) is 11.0. The lowest BCUT2D eigenvalue weighted by Crippen LogP contribution is -2.07. The minimum atomic E-state index is -4.56. The first-order valence-corrected chi connectivity index (χ1v) is 8.83. The maximum atomic E-state index is 12.8. The quantitative estimate of drug-likeness (QED) is 0.469. The predicted octanol–water partition coefficient (Wildman–Crippen LogP) is 6.04. The molecule has 10 heteroatoms. The summed E-state index contributed by atoms with van der Waals surface area (Å²) < 4.78 is 39.4. The molecule has 126 valence electrons. The predicted molar refractivity (Wildman–Crippen MR) is 91.2 cm³/mol. The first-order valence-electron chi connectivity index (χ1n) is 6.48. The van der Waals surface area contributed by atoms with E-state index in [-0.39, 0.29) is 30.6 Å². The van der Waals surface area contributed by atoms with Crippen LogP contribution in [0.2, 0.25) is 10.0 Å². The monoisotopic (exact) mass is 501 g/mol. The average molecular weight is 504 g/mol. The van der Waals surface area contributed by atoms with Crippen molar-refractivity contribution in [3.8, 4) is 11.8 Å². The summed E-state index contributed by atoms with van der Waals surface area (Å²) in [5.74, 6) is 0.0212. The van der Waals surface area contributed by atoms with E-state index in [1.54, 1.807) is 6.20 Å². The summed E-state index contributed by atoms with van der Waals surface area (Å²) in [4.78, 5) is 0. The molecule has 0 N–H and O–H groups in total. The lowest BCUT2D eigenvalue weighted by molar-refractivity contribution is -0.137. The van der Waals surface area contributed by atoms with E-state index < -0.39 is 11.7 Å². The summed E-state index contributed by atoms with van der Waals surface area (Å²) in [5.41, 5.74) is -0.00757. The Morgan fingerprint density at radius 3 is 2.25 bits per heavy atom. The van der Waals surface area contributed by atoms with E-state index in [1.165, 1.54) is 4.68 Å². The van der Waals surface area contributed by atoms with Gasteiger partial charge in [0.25, 0.3) is 0 Å². The van der Waals surface area contributed by atoms with Gasteiger partial charge in [0.2, 0.25) is 0 Å². The Kier molecular flexibility index (Phi) is 4.44. The van der Waals surface area contributed by atoms with Crippen LogP contribution in [-0.2, 0) is 6.18 Å². The van der Waals surface area contributed by atoms with Crippen LogP contribution < -0.4 is 0 Å². The van der Waals surface area contributed by atoms with E-state index in [1.807, 2.05) is 6.07 Å². The van der Waals surface area contributed by atoms with Gasteiger partial charge >= 0.3 is 6.18 Å². The minimum Gasteiger partial charge on any atom is -0.236 e. The fourth-order valence-electron chi connectivity index (χ4n) is 2.34. The van der Waals surface area contributed by atoms with Gasteiger partial charge in [-0.05, 0) is 18.6 Å². The van der Waals surface area contributed by atoms with Crippen LogP contribution in [-0.4, -0.2) is 13.0 Å². The van der Waals surface area contributed by atoms with Gasteiger partial charge in [0.05, 0.1) is 18.8 Å². The zero-order valence-electron chi connectivity index (χ0n) is 11.5. The zero-order chi connectivity index (χ0) is 17.9. The average Bonchev–Trinajstić information content (AvgIpc) is 2.91. The summed E-state index contributed by atoms with van der Waals surface area (Å²) in [7, 11) is 0. The molecule has 1 aliphatic carbocycles. The Morgan fingerprint density at radius 2 is 1.83 bits per heavy atom. The van der Waals surface area contributed by atoms with E-state index >= 15 is 0 Å². The second-order valence-corrected chi connectivity index (χ2v) is 10.0. The zero-order valence-corrected chi connectivity index (χ0v) is 16.2. The number of hydrogen-bond donors (Lipinski definition) is 0. The molecular weight excluding hydrogens is 498 g/mol. The number of hydrogen-bond acceptors (Lipinski definition) is 2. The molecule has 0 amide bonds. The van der Waals surface area contributed by atoms with Crippen LogP contribution in [0, 0.1) is 11.3 Å². The minimum absolute atomic E-state index is 0.0212. The maximum Gasteiger partial charge on any atom is 0.416 e. The third-order valence-corrected chi connectivity index (χ3v) is 5.95. The number of alkyl halides is 5. The molecule has 3 nitrogen and oxygen atoms in total. The molecule has 1 saturated carbocycles. The molecule has 0 saturated heterocycles. The van der Waals surface area contributed by atoms with Crippen molar-refractivity contribution in [1.82, 2.24) is 9.78 Å². The fraction of sp³-hybridized carbons (Fsp3) is 0.286. The van der Waals surface area contributed by atoms with Crippen molar-refractivity contribution in [2.45, 2.75) is 21.7 Å². The van der Waals surface area contributed by atoms with Gasteiger partial charge in [0.15, 0.2) is 5.69 Å². The van der Waals surface area contributed by atoms with E-state index in [2.05, 4.69) is 37.0 Å². The molecule has 0 spiro atoms. The van der Waals surface area contributed by atoms with Gasteiger partial charge in [-0.3, -0.25) is 0 Å². The van der Waals surface area contributed by atoms with Crippen LogP contribution in [0.5, 0.6) is 0 Å². The highest BCUT2D eigenvalue weighted by molar-refractivity contribution is 9.25. The third-order valence-electron chi connectivity index (χ3n) is 3.62. The van der Waals surface area contributed by atoms with Gasteiger partial charge in [-0.15, -0.1) is 0 Å². The molecule has 0 radical (unpaired) electrons. The molecule has 1 atom stereocenters. The molecular formula is C14H6Br2Cl2F3N3. The van der Waals surface area contributed by atoms with Gasteiger partial charge in [-0.25, -0.2) is 4.68 Å². The molecule has 1 unspecified atom stereocenters. The summed E-state index contributed by atoms with van der Waals surface area (Å²) in [6.07, 6.45) is -2.24. The van der Waals surface area contributed by atoms with Gasteiger partial charge in [0.1, 0.15) is 11.8 Å². The summed E-state index contributed by atoms with van der Waals surface area (Å²) in [5, 5.41) is 12.9. The van der Waals surface area contributed by atoms with Gasteiger partial charge in [-0.2, -0.15) is 23.5 Å². The first kappa shape index (κ1) is 18.1. The molecule has 2 aromatic rings. The molecule has 1 aliphatic rings. The normalized spacial score (nSPS) is 19.2. The van der Waals surface area contributed by atoms with Crippen molar-refractivity contribution in [3.05, 3.63) is 45.2 Å². The van der Waals surface area contributed by atoms with Crippen molar-refractivity contribution >= 4 is 55.1 Å². The second-order valence-electron chi connectivity index (χ2n) is 5.29. The number of nitriles is 1. The Morgan fingerprint density at radius 1 is 1.29 bits per heavy atom. The summed E-state index contributed by atoms with van der Waals surface area (Å²) >= 11 is 18.9. The van der Waals surface area contributed by atoms with E-state index in [4.69, 9.17) is 23.2 Å². The largest absolute Gasteiger partial charge is 0.416 e. The number of rotatable bonds is 2. The smallest absolute Gasteiger partial charge is 0.236 e. The Labute approximate surface area is 161 Å². The summed E-state index contributed by atoms with van der Waals surface area (Å²) in [6, 6.07) is 3.55. The second kappa shape index (κ2) is 5.90. The van der Waals surface area contributed by atoms with Gasteiger partial charge < -0.3 is 0 Å². The van der Waals surface area contributed by atoms with E-state index in [9.17, 15) is 18.4 Å². The molecule has 1 aromatic carbocycles. The summed E-state index contributed by atoms with van der Waals surface area (Å²) in [6.45, 7) is 0. The number of halogens is 7. The highest BCUT2D eigenvalue weighted by atomic mass is 79.9.